The highest BCUT2D eigenvalue weighted by Crippen LogP contribution is 2.23. The summed E-state index contributed by atoms with van der Waals surface area (Å²) in [7, 11) is 0. The van der Waals surface area contributed by atoms with Gasteiger partial charge < -0.3 is 20.2 Å². The van der Waals surface area contributed by atoms with E-state index in [1.165, 1.54) is 37.0 Å². The molecule has 10 heteroatoms. The van der Waals surface area contributed by atoms with Crippen LogP contribution >= 0.6 is 0 Å². The summed E-state index contributed by atoms with van der Waals surface area (Å²) in [5.41, 5.74) is -0.395. The van der Waals surface area contributed by atoms with Crippen LogP contribution in [-0.2, 0) is 0 Å². The number of alkyl halides is 1. The fraction of sp³-hybridized carbons (Fsp3) is 0.444. The molecule has 1 atom stereocenters. The zero-order chi connectivity index (χ0) is 20.5. The fourth-order valence-corrected chi connectivity index (χ4v) is 2.49. The predicted molar refractivity (Wildman–Crippen MR) is 101 cm³/mol. The molecular weight excluding hydrogens is 367 g/mol. The summed E-state index contributed by atoms with van der Waals surface area (Å²) in [4.78, 5) is 21.0. The molecule has 1 amide bonds. The van der Waals surface area contributed by atoms with E-state index in [2.05, 4.69) is 25.7 Å². The standard InChI is InChI=1S/C18H23FN6O3/c1-10(2)23-15-11(16(26)22-9-13(19)18(3,4)27)8-21-14-7-12(24-25(14)15)17-20-5-6-28-17/h5-8,10,13,23,27H,9H2,1-4H3,(H,22,26)/t13-/m1/s1. The van der Waals surface area contributed by atoms with E-state index in [4.69, 9.17) is 4.42 Å². The van der Waals surface area contributed by atoms with Gasteiger partial charge in [0.2, 0.25) is 5.89 Å². The first-order chi connectivity index (χ1) is 13.2. The molecule has 9 nitrogen and oxygen atoms in total. The Morgan fingerprint density at radius 3 is 2.75 bits per heavy atom. The average Bonchev–Trinajstić information content (AvgIpc) is 3.27. The highest BCUT2D eigenvalue weighted by atomic mass is 19.1. The first-order valence-corrected chi connectivity index (χ1v) is 8.86. The van der Waals surface area contributed by atoms with Crippen molar-refractivity contribution in [3.8, 4) is 11.6 Å². The lowest BCUT2D eigenvalue weighted by molar-refractivity contribution is -0.00177. The number of amides is 1. The number of hydrogen-bond donors (Lipinski definition) is 3. The zero-order valence-corrected chi connectivity index (χ0v) is 16.1. The minimum atomic E-state index is -1.61. The third-order valence-corrected chi connectivity index (χ3v) is 4.01. The van der Waals surface area contributed by atoms with Gasteiger partial charge in [-0.1, -0.05) is 0 Å². The van der Waals surface area contributed by atoms with E-state index in [0.29, 0.717) is 23.0 Å². The summed E-state index contributed by atoms with van der Waals surface area (Å²) in [6.45, 7) is 6.19. The number of nitrogens with one attached hydrogen (secondary N) is 2. The largest absolute Gasteiger partial charge is 0.443 e. The van der Waals surface area contributed by atoms with E-state index in [1.807, 2.05) is 13.8 Å². The van der Waals surface area contributed by atoms with Gasteiger partial charge in [0.1, 0.15) is 23.8 Å². The number of oxazole rings is 1. The second kappa shape index (κ2) is 7.55. The summed E-state index contributed by atoms with van der Waals surface area (Å²) < 4.78 is 20.7. The molecule has 0 unspecified atom stereocenters. The van der Waals surface area contributed by atoms with Gasteiger partial charge in [-0.05, 0) is 27.7 Å². The number of fused-ring (bicyclic) bond motifs is 1. The Balaban J connectivity index is 1.96. The smallest absolute Gasteiger partial charge is 0.256 e. The molecular formula is C18H23FN6O3. The molecule has 3 aromatic heterocycles. The van der Waals surface area contributed by atoms with Gasteiger partial charge >= 0.3 is 0 Å². The Bertz CT molecular complexity index is 962. The van der Waals surface area contributed by atoms with E-state index >= 15 is 0 Å². The molecule has 0 aromatic carbocycles. The number of aliphatic hydroxyl groups is 1. The molecule has 0 saturated heterocycles. The minimum absolute atomic E-state index is 0.00293. The van der Waals surface area contributed by atoms with Crippen molar-refractivity contribution in [2.24, 2.45) is 0 Å². The Labute approximate surface area is 161 Å². The number of rotatable bonds is 7. The molecule has 0 fully saturated rings. The predicted octanol–water partition coefficient (Wildman–Crippen LogP) is 2.04. The molecule has 3 heterocycles. The minimum Gasteiger partial charge on any atom is -0.443 e. The molecule has 0 radical (unpaired) electrons. The van der Waals surface area contributed by atoms with Crippen molar-refractivity contribution in [3.05, 3.63) is 30.3 Å². The van der Waals surface area contributed by atoms with E-state index in [9.17, 15) is 14.3 Å². The van der Waals surface area contributed by atoms with Crippen LogP contribution in [0.2, 0.25) is 0 Å². The fourth-order valence-electron chi connectivity index (χ4n) is 2.49. The van der Waals surface area contributed by atoms with Crippen molar-refractivity contribution >= 4 is 17.4 Å². The van der Waals surface area contributed by atoms with Crippen LogP contribution in [-0.4, -0.2) is 55.0 Å². The van der Waals surface area contributed by atoms with Crippen molar-refractivity contribution < 1.29 is 18.7 Å². The molecule has 3 aromatic rings. The number of halogens is 1. The van der Waals surface area contributed by atoms with Crippen LogP contribution in [0.5, 0.6) is 0 Å². The van der Waals surface area contributed by atoms with Crippen LogP contribution in [0.15, 0.2) is 29.1 Å². The number of aromatic nitrogens is 4. The molecule has 0 aliphatic heterocycles. The van der Waals surface area contributed by atoms with Gasteiger partial charge in [0, 0.05) is 18.3 Å². The summed E-state index contributed by atoms with van der Waals surface area (Å²) >= 11 is 0. The third-order valence-electron chi connectivity index (χ3n) is 4.01. The quantitative estimate of drug-likeness (QED) is 0.565. The van der Waals surface area contributed by atoms with Gasteiger partial charge in [0.05, 0.1) is 18.3 Å². The van der Waals surface area contributed by atoms with Crippen molar-refractivity contribution in [2.75, 3.05) is 11.9 Å². The van der Waals surface area contributed by atoms with E-state index < -0.39 is 17.7 Å². The summed E-state index contributed by atoms with van der Waals surface area (Å²) in [6.07, 6.45) is 2.73. The summed E-state index contributed by atoms with van der Waals surface area (Å²) in [5.74, 6) is 0.212. The van der Waals surface area contributed by atoms with Crippen LogP contribution in [0.25, 0.3) is 17.2 Å². The maximum absolute atomic E-state index is 14.0. The molecule has 28 heavy (non-hydrogen) atoms. The molecule has 3 rings (SSSR count). The maximum atomic E-state index is 14.0. The van der Waals surface area contributed by atoms with E-state index in [1.54, 1.807) is 6.07 Å². The molecule has 0 saturated carbocycles. The van der Waals surface area contributed by atoms with Gasteiger partial charge in [0.15, 0.2) is 11.3 Å². The summed E-state index contributed by atoms with van der Waals surface area (Å²) in [6, 6.07) is 1.68. The normalized spacial score (nSPS) is 13.1. The van der Waals surface area contributed by atoms with Crippen LogP contribution in [0.3, 0.4) is 0 Å². The van der Waals surface area contributed by atoms with Crippen LogP contribution in [0.4, 0.5) is 10.2 Å². The van der Waals surface area contributed by atoms with Crippen molar-refractivity contribution in [2.45, 2.75) is 45.5 Å². The van der Waals surface area contributed by atoms with Crippen molar-refractivity contribution in [3.63, 3.8) is 0 Å². The lowest BCUT2D eigenvalue weighted by Crippen LogP contribution is -2.42. The lowest BCUT2D eigenvalue weighted by atomic mass is 10.0. The van der Waals surface area contributed by atoms with Crippen LogP contribution < -0.4 is 10.6 Å². The Morgan fingerprint density at radius 1 is 1.39 bits per heavy atom. The monoisotopic (exact) mass is 390 g/mol. The topological polar surface area (TPSA) is 118 Å². The molecule has 0 aliphatic carbocycles. The van der Waals surface area contributed by atoms with Gasteiger partial charge in [-0.25, -0.2) is 14.4 Å². The van der Waals surface area contributed by atoms with Crippen molar-refractivity contribution in [1.29, 1.82) is 0 Å². The average molecular weight is 390 g/mol. The highest BCUT2D eigenvalue weighted by molar-refractivity contribution is 5.99. The van der Waals surface area contributed by atoms with Gasteiger partial charge in [-0.2, -0.15) is 9.61 Å². The number of carbonyl (C=O) groups excluding carboxylic acids is 1. The Morgan fingerprint density at radius 2 is 2.14 bits per heavy atom. The summed E-state index contributed by atoms with van der Waals surface area (Å²) in [5, 5.41) is 19.8. The SMILES string of the molecule is CC(C)Nc1c(C(=O)NC[C@@H](F)C(C)(C)O)cnc2cc(-c3ncco3)nn12. The second-order valence-electron chi connectivity index (χ2n) is 7.29. The number of carbonyl (C=O) groups is 1. The molecule has 150 valence electrons. The molecule has 3 N–H and O–H groups in total. The first kappa shape index (κ1) is 19.7. The maximum Gasteiger partial charge on any atom is 0.256 e. The van der Waals surface area contributed by atoms with E-state index in [0.717, 1.165) is 0 Å². The number of anilines is 1. The van der Waals surface area contributed by atoms with Gasteiger partial charge in [0.25, 0.3) is 5.91 Å². The van der Waals surface area contributed by atoms with Crippen LogP contribution in [0, 0.1) is 0 Å². The number of hydrogen-bond acceptors (Lipinski definition) is 7. The lowest BCUT2D eigenvalue weighted by Gasteiger charge is -2.22. The second-order valence-corrected chi connectivity index (χ2v) is 7.29. The van der Waals surface area contributed by atoms with Crippen molar-refractivity contribution in [1.82, 2.24) is 24.9 Å². The van der Waals surface area contributed by atoms with Crippen LogP contribution in [0.1, 0.15) is 38.1 Å². The van der Waals surface area contributed by atoms with Gasteiger partial charge in [-0.15, -0.1) is 0 Å². The highest BCUT2D eigenvalue weighted by Gasteiger charge is 2.27. The van der Waals surface area contributed by atoms with Gasteiger partial charge in [-0.3, -0.25) is 4.79 Å². The first-order valence-electron chi connectivity index (χ1n) is 8.86. The molecule has 0 bridgehead atoms. The van der Waals surface area contributed by atoms with E-state index in [-0.39, 0.29) is 18.2 Å². The number of nitrogens with zero attached hydrogens (tertiary/aromatic N) is 4. The Kier molecular flexibility index (Phi) is 5.32. The Hall–Kier alpha value is -3.01. The third kappa shape index (κ3) is 4.11. The molecule has 0 spiro atoms. The zero-order valence-electron chi connectivity index (χ0n) is 16.1. The molecule has 0 aliphatic rings.